The first kappa shape index (κ1) is 15.4. The molecule has 21 heavy (non-hydrogen) atoms. The third kappa shape index (κ3) is 4.48. The second kappa shape index (κ2) is 6.61. The number of hydrogen-bond donors (Lipinski definition) is 3. The lowest BCUT2D eigenvalue weighted by atomic mass is 9.66. The smallest absolute Gasteiger partial charge is 0.315 e. The van der Waals surface area contributed by atoms with Gasteiger partial charge in [0.15, 0.2) is 0 Å². The fourth-order valence-electron chi connectivity index (χ4n) is 2.63. The van der Waals surface area contributed by atoms with Crippen molar-refractivity contribution in [3.8, 4) is 0 Å². The predicted octanol–water partition coefficient (Wildman–Crippen LogP) is 2.44. The number of hydrogen-bond acceptors (Lipinski definition) is 2. The third-order valence-corrected chi connectivity index (χ3v) is 4.14. The topological polar surface area (TPSA) is 78.4 Å². The van der Waals surface area contributed by atoms with Crippen LogP contribution in [0.25, 0.3) is 0 Å². The number of aliphatic carboxylic acids is 1. The van der Waals surface area contributed by atoms with Crippen LogP contribution < -0.4 is 10.6 Å². The average Bonchev–Trinajstić information content (AvgIpc) is 2.40. The van der Waals surface area contributed by atoms with Crippen molar-refractivity contribution in [2.75, 3.05) is 6.54 Å². The van der Waals surface area contributed by atoms with Gasteiger partial charge in [-0.15, -0.1) is 0 Å². The Morgan fingerprint density at radius 1 is 1.19 bits per heavy atom. The molecule has 1 aromatic rings. The van der Waals surface area contributed by atoms with E-state index in [1.807, 2.05) is 31.2 Å². The Bertz CT molecular complexity index is 507. The fraction of sp³-hybridized carbons (Fsp3) is 0.500. The molecular formula is C16H22N2O3. The van der Waals surface area contributed by atoms with Crippen molar-refractivity contribution in [3.05, 3.63) is 35.4 Å². The van der Waals surface area contributed by atoms with Gasteiger partial charge in [-0.25, -0.2) is 4.79 Å². The number of nitrogens with one attached hydrogen (secondary N) is 2. The van der Waals surface area contributed by atoms with Gasteiger partial charge in [0.05, 0.1) is 6.42 Å². The standard InChI is InChI=1S/C16H22N2O3/c1-12-3-5-13(6-4-12)10-17-15(21)18-11-16(7-2-8-16)9-14(19)20/h3-6H,2,7-11H2,1H3,(H,19,20)(H2,17,18,21). The van der Waals surface area contributed by atoms with Crippen LogP contribution in [0, 0.1) is 12.3 Å². The molecule has 0 unspecified atom stereocenters. The van der Waals surface area contributed by atoms with Gasteiger partial charge in [-0.3, -0.25) is 4.79 Å². The molecule has 0 heterocycles. The van der Waals surface area contributed by atoms with Gasteiger partial charge in [-0.05, 0) is 30.7 Å². The van der Waals surface area contributed by atoms with Crippen molar-refractivity contribution in [2.24, 2.45) is 5.41 Å². The van der Waals surface area contributed by atoms with Gasteiger partial charge < -0.3 is 15.7 Å². The zero-order valence-corrected chi connectivity index (χ0v) is 12.3. The molecule has 3 N–H and O–H groups in total. The van der Waals surface area contributed by atoms with Crippen molar-refractivity contribution >= 4 is 12.0 Å². The number of aryl methyl sites for hydroxylation is 1. The van der Waals surface area contributed by atoms with Crippen molar-refractivity contribution in [1.82, 2.24) is 10.6 Å². The highest BCUT2D eigenvalue weighted by molar-refractivity contribution is 5.74. The summed E-state index contributed by atoms with van der Waals surface area (Å²) < 4.78 is 0. The van der Waals surface area contributed by atoms with Crippen LogP contribution in [0.5, 0.6) is 0 Å². The summed E-state index contributed by atoms with van der Waals surface area (Å²) in [5, 5.41) is 14.5. The van der Waals surface area contributed by atoms with E-state index in [2.05, 4.69) is 10.6 Å². The van der Waals surface area contributed by atoms with Crippen molar-refractivity contribution in [2.45, 2.75) is 39.2 Å². The number of carboxylic acid groups (broad SMARTS) is 1. The number of amides is 2. The summed E-state index contributed by atoms with van der Waals surface area (Å²) in [6, 6.07) is 7.73. The Morgan fingerprint density at radius 3 is 2.38 bits per heavy atom. The largest absolute Gasteiger partial charge is 0.481 e. The maximum Gasteiger partial charge on any atom is 0.315 e. The Labute approximate surface area is 124 Å². The van der Waals surface area contributed by atoms with E-state index >= 15 is 0 Å². The molecule has 0 saturated heterocycles. The minimum atomic E-state index is -0.795. The summed E-state index contributed by atoms with van der Waals surface area (Å²) in [4.78, 5) is 22.6. The van der Waals surface area contributed by atoms with E-state index in [1.165, 1.54) is 5.56 Å². The van der Waals surface area contributed by atoms with Crippen LogP contribution >= 0.6 is 0 Å². The molecule has 114 valence electrons. The van der Waals surface area contributed by atoms with E-state index in [1.54, 1.807) is 0 Å². The second-order valence-corrected chi connectivity index (χ2v) is 5.95. The van der Waals surface area contributed by atoms with E-state index in [0.717, 1.165) is 24.8 Å². The Kier molecular flexibility index (Phi) is 4.83. The van der Waals surface area contributed by atoms with Crippen LogP contribution in [0.3, 0.4) is 0 Å². The number of carbonyl (C=O) groups is 2. The molecule has 0 spiro atoms. The van der Waals surface area contributed by atoms with Crippen LogP contribution in [-0.2, 0) is 11.3 Å². The minimum Gasteiger partial charge on any atom is -0.481 e. The summed E-state index contributed by atoms with van der Waals surface area (Å²) >= 11 is 0. The molecule has 2 rings (SSSR count). The monoisotopic (exact) mass is 290 g/mol. The zero-order valence-electron chi connectivity index (χ0n) is 12.3. The van der Waals surface area contributed by atoms with Gasteiger partial charge >= 0.3 is 12.0 Å². The molecule has 1 aliphatic carbocycles. The predicted molar refractivity (Wildman–Crippen MR) is 80.0 cm³/mol. The van der Waals surface area contributed by atoms with E-state index in [4.69, 9.17) is 5.11 Å². The van der Waals surface area contributed by atoms with E-state index in [0.29, 0.717) is 13.1 Å². The van der Waals surface area contributed by atoms with Crippen LogP contribution in [0.1, 0.15) is 36.8 Å². The Hall–Kier alpha value is -2.04. The minimum absolute atomic E-state index is 0.130. The quantitative estimate of drug-likeness (QED) is 0.753. The molecule has 0 bridgehead atoms. The maximum absolute atomic E-state index is 11.8. The summed E-state index contributed by atoms with van der Waals surface area (Å²) in [7, 11) is 0. The zero-order chi connectivity index (χ0) is 15.3. The molecule has 0 aromatic heterocycles. The van der Waals surface area contributed by atoms with Crippen LogP contribution in [0.15, 0.2) is 24.3 Å². The summed E-state index contributed by atoms with van der Waals surface area (Å²) in [5.41, 5.74) is 1.98. The lowest BCUT2D eigenvalue weighted by molar-refractivity contribution is -0.141. The van der Waals surface area contributed by atoms with Crippen LogP contribution in [0.2, 0.25) is 0 Å². The molecular weight excluding hydrogens is 268 g/mol. The van der Waals surface area contributed by atoms with Crippen molar-refractivity contribution in [3.63, 3.8) is 0 Å². The summed E-state index contributed by atoms with van der Waals surface area (Å²) in [6.45, 7) is 2.92. The average molecular weight is 290 g/mol. The highest BCUT2D eigenvalue weighted by atomic mass is 16.4. The Balaban J connectivity index is 1.74. The number of carbonyl (C=O) groups excluding carboxylic acids is 1. The van der Waals surface area contributed by atoms with Gasteiger partial charge in [0, 0.05) is 13.1 Å². The number of benzene rings is 1. The number of rotatable bonds is 6. The molecule has 2 amide bonds. The van der Waals surface area contributed by atoms with Gasteiger partial charge in [0.25, 0.3) is 0 Å². The molecule has 5 nitrogen and oxygen atoms in total. The third-order valence-electron chi connectivity index (χ3n) is 4.14. The number of carboxylic acids is 1. The molecule has 1 aliphatic rings. The first-order valence-electron chi connectivity index (χ1n) is 7.28. The molecule has 5 heteroatoms. The first-order chi connectivity index (χ1) is 9.99. The van der Waals surface area contributed by atoms with Crippen molar-refractivity contribution < 1.29 is 14.7 Å². The van der Waals surface area contributed by atoms with E-state index in [9.17, 15) is 9.59 Å². The fourth-order valence-corrected chi connectivity index (χ4v) is 2.63. The van der Waals surface area contributed by atoms with E-state index in [-0.39, 0.29) is 17.9 Å². The van der Waals surface area contributed by atoms with Crippen molar-refractivity contribution in [1.29, 1.82) is 0 Å². The van der Waals surface area contributed by atoms with Gasteiger partial charge in [-0.2, -0.15) is 0 Å². The van der Waals surface area contributed by atoms with E-state index < -0.39 is 5.97 Å². The first-order valence-corrected chi connectivity index (χ1v) is 7.28. The van der Waals surface area contributed by atoms with Crippen LogP contribution in [-0.4, -0.2) is 23.7 Å². The highest BCUT2D eigenvalue weighted by Gasteiger charge is 2.39. The Morgan fingerprint density at radius 2 is 1.86 bits per heavy atom. The molecule has 0 atom stereocenters. The molecule has 0 radical (unpaired) electrons. The van der Waals surface area contributed by atoms with Gasteiger partial charge in [0.1, 0.15) is 0 Å². The maximum atomic E-state index is 11.8. The summed E-state index contributed by atoms with van der Waals surface area (Å²) in [5.74, 6) is -0.795. The lowest BCUT2D eigenvalue weighted by Gasteiger charge is -2.40. The lowest BCUT2D eigenvalue weighted by Crippen LogP contribution is -2.46. The van der Waals surface area contributed by atoms with Gasteiger partial charge in [0.2, 0.25) is 0 Å². The SMILES string of the molecule is Cc1ccc(CNC(=O)NCC2(CC(=O)O)CCC2)cc1. The normalized spacial score (nSPS) is 15.9. The molecule has 1 aromatic carbocycles. The van der Waals surface area contributed by atoms with Gasteiger partial charge in [-0.1, -0.05) is 36.2 Å². The second-order valence-electron chi connectivity index (χ2n) is 5.95. The highest BCUT2D eigenvalue weighted by Crippen LogP contribution is 2.43. The summed E-state index contributed by atoms with van der Waals surface area (Å²) in [6.07, 6.45) is 2.92. The molecule has 1 saturated carbocycles. The molecule has 0 aliphatic heterocycles. The molecule has 1 fully saturated rings. The van der Waals surface area contributed by atoms with Crippen LogP contribution in [0.4, 0.5) is 4.79 Å². The number of urea groups is 1.